The molecule has 26 heavy (non-hydrogen) atoms. The van der Waals surface area contributed by atoms with Crippen LogP contribution in [0.4, 0.5) is 0 Å². The van der Waals surface area contributed by atoms with Crippen LogP contribution in [-0.4, -0.2) is 19.3 Å². The third-order valence-electron chi connectivity index (χ3n) is 4.99. The van der Waals surface area contributed by atoms with Gasteiger partial charge in [0.05, 0.1) is 6.61 Å². The molecule has 0 aromatic heterocycles. The lowest BCUT2D eigenvalue weighted by molar-refractivity contribution is 0.263. The Morgan fingerprint density at radius 1 is 0.885 bits per heavy atom. The predicted octanol–water partition coefficient (Wildman–Crippen LogP) is 6.87. The van der Waals surface area contributed by atoms with E-state index in [0.717, 1.165) is 12.4 Å². The van der Waals surface area contributed by atoms with E-state index in [1.807, 2.05) is 0 Å². The maximum atomic E-state index is 5.68. The van der Waals surface area contributed by atoms with Gasteiger partial charge < -0.3 is 9.47 Å². The summed E-state index contributed by atoms with van der Waals surface area (Å²) >= 11 is 0. The lowest BCUT2D eigenvalue weighted by Crippen LogP contribution is -2.03. The molecule has 1 atom stereocenters. The first kappa shape index (κ1) is 21.0. The number of aryl methyl sites for hydroxylation is 1. The Kier molecular flexibility index (Phi) is 11.2. The Morgan fingerprint density at radius 3 is 2.15 bits per heavy atom. The number of epoxide rings is 1. The Balaban J connectivity index is 1.37. The van der Waals surface area contributed by atoms with Gasteiger partial charge in [-0.3, -0.25) is 0 Å². The molecule has 1 aliphatic rings. The van der Waals surface area contributed by atoms with Crippen LogP contribution in [-0.2, 0) is 11.2 Å². The Hall–Kier alpha value is -1.28. The van der Waals surface area contributed by atoms with E-state index in [1.54, 1.807) is 0 Å². The highest BCUT2D eigenvalue weighted by atomic mass is 16.6. The highest BCUT2D eigenvalue weighted by Gasteiger charge is 2.22. The lowest BCUT2D eigenvalue weighted by atomic mass is 10.0. The van der Waals surface area contributed by atoms with Gasteiger partial charge >= 0.3 is 0 Å². The summed E-state index contributed by atoms with van der Waals surface area (Å²) in [5, 5.41) is 0. The minimum atomic E-state index is 0.330. The lowest BCUT2D eigenvalue weighted by Gasteiger charge is -2.06. The van der Waals surface area contributed by atoms with E-state index in [4.69, 9.17) is 9.47 Å². The fourth-order valence-corrected chi connectivity index (χ4v) is 3.14. The highest BCUT2D eigenvalue weighted by Crippen LogP contribution is 2.17. The van der Waals surface area contributed by atoms with Crippen LogP contribution < -0.4 is 4.74 Å². The average Bonchev–Trinajstić information content (AvgIpc) is 3.49. The third-order valence-corrected chi connectivity index (χ3v) is 4.99. The largest absolute Gasteiger partial charge is 0.491 e. The van der Waals surface area contributed by atoms with Crippen molar-refractivity contribution < 1.29 is 9.47 Å². The van der Waals surface area contributed by atoms with E-state index in [9.17, 15) is 0 Å². The van der Waals surface area contributed by atoms with Crippen molar-refractivity contribution in [3.8, 4) is 5.75 Å². The number of hydrogen-bond acceptors (Lipinski definition) is 2. The van der Waals surface area contributed by atoms with Crippen LogP contribution in [0.15, 0.2) is 36.4 Å². The molecular weight excluding hydrogens is 320 g/mol. The Morgan fingerprint density at radius 2 is 1.50 bits per heavy atom. The molecule has 0 N–H and O–H groups in total. The summed E-state index contributed by atoms with van der Waals surface area (Å²) in [6, 6.07) is 8.59. The molecular formula is C24H38O2. The molecule has 1 aliphatic heterocycles. The van der Waals surface area contributed by atoms with Crippen LogP contribution in [0.1, 0.15) is 83.1 Å². The fraction of sp³-hybridized carbons (Fsp3) is 0.667. The molecule has 0 spiro atoms. The van der Waals surface area contributed by atoms with E-state index in [2.05, 4.69) is 43.3 Å². The summed E-state index contributed by atoms with van der Waals surface area (Å²) in [6.45, 7) is 3.80. The minimum Gasteiger partial charge on any atom is -0.491 e. The van der Waals surface area contributed by atoms with Crippen molar-refractivity contribution in [3.05, 3.63) is 42.0 Å². The second-order valence-electron chi connectivity index (χ2n) is 7.54. The average molecular weight is 359 g/mol. The van der Waals surface area contributed by atoms with Gasteiger partial charge in [0.1, 0.15) is 18.5 Å². The third kappa shape index (κ3) is 10.7. The summed E-state index contributed by atoms with van der Waals surface area (Å²) in [5.74, 6) is 0.962. The minimum absolute atomic E-state index is 0.330. The summed E-state index contributed by atoms with van der Waals surface area (Å²) in [6.07, 6.45) is 21.0. The van der Waals surface area contributed by atoms with Crippen molar-refractivity contribution in [1.29, 1.82) is 0 Å². The molecule has 1 unspecified atom stereocenters. The Bertz CT molecular complexity index is 473. The molecule has 1 aromatic carbocycles. The van der Waals surface area contributed by atoms with Crippen molar-refractivity contribution in [2.75, 3.05) is 13.2 Å². The maximum absolute atomic E-state index is 5.68. The number of ether oxygens (including phenoxy) is 2. The van der Waals surface area contributed by atoms with E-state index in [0.29, 0.717) is 12.7 Å². The van der Waals surface area contributed by atoms with Gasteiger partial charge in [-0.05, 0) is 49.8 Å². The van der Waals surface area contributed by atoms with Crippen molar-refractivity contribution in [2.24, 2.45) is 0 Å². The number of rotatable bonds is 16. The number of allylic oxidation sites excluding steroid dienone is 2. The second-order valence-corrected chi connectivity index (χ2v) is 7.54. The first-order valence-corrected chi connectivity index (χ1v) is 10.9. The first-order chi connectivity index (χ1) is 12.9. The molecule has 0 amide bonds. The van der Waals surface area contributed by atoms with Crippen LogP contribution in [0.25, 0.3) is 0 Å². The van der Waals surface area contributed by atoms with Gasteiger partial charge in [0.15, 0.2) is 0 Å². The van der Waals surface area contributed by atoms with E-state index in [-0.39, 0.29) is 0 Å². The molecule has 0 bridgehead atoms. The highest BCUT2D eigenvalue weighted by molar-refractivity contribution is 5.27. The molecule has 1 saturated heterocycles. The number of benzene rings is 1. The van der Waals surface area contributed by atoms with Gasteiger partial charge in [-0.1, -0.05) is 76.2 Å². The van der Waals surface area contributed by atoms with Gasteiger partial charge in [0.25, 0.3) is 0 Å². The standard InChI is InChI=1S/C24H38O2/c1-2-3-4-5-6-7-8-9-10-11-12-13-14-15-22-16-18-23(19-17-22)25-20-24-21-26-24/h5-6,16-19,24H,2-4,7-15,20-21H2,1H3/b6-5+. The van der Waals surface area contributed by atoms with Gasteiger partial charge in [0.2, 0.25) is 0 Å². The fourth-order valence-electron chi connectivity index (χ4n) is 3.14. The van der Waals surface area contributed by atoms with Crippen LogP contribution in [0.3, 0.4) is 0 Å². The summed E-state index contributed by atoms with van der Waals surface area (Å²) in [5.41, 5.74) is 1.43. The van der Waals surface area contributed by atoms with Crippen LogP contribution in [0.5, 0.6) is 5.75 Å². The van der Waals surface area contributed by atoms with Crippen molar-refractivity contribution in [1.82, 2.24) is 0 Å². The van der Waals surface area contributed by atoms with E-state index in [1.165, 1.54) is 82.6 Å². The van der Waals surface area contributed by atoms with Crippen molar-refractivity contribution in [2.45, 2.75) is 90.1 Å². The van der Waals surface area contributed by atoms with Crippen LogP contribution in [0, 0.1) is 0 Å². The van der Waals surface area contributed by atoms with Crippen LogP contribution in [0.2, 0.25) is 0 Å². The molecule has 2 rings (SSSR count). The smallest absolute Gasteiger partial charge is 0.119 e. The monoisotopic (exact) mass is 358 g/mol. The van der Waals surface area contributed by atoms with Gasteiger partial charge in [-0.2, -0.15) is 0 Å². The van der Waals surface area contributed by atoms with Gasteiger partial charge in [-0.15, -0.1) is 0 Å². The second kappa shape index (κ2) is 13.9. The SMILES string of the molecule is CCCC/C=C/CCCCCCCCCc1ccc(OCC2CO2)cc1. The normalized spacial score (nSPS) is 16.3. The number of unbranched alkanes of at least 4 members (excludes halogenated alkanes) is 9. The molecule has 2 nitrogen and oxygen atoms in total. The summed E-state index contributed by atoms with van der Waals surface area (Å²) < 4.78 is 10.8. The van der Waals surface area contributed by atoms with E-state index >= 15 is 0 Å². The molecule has 0 radical (unpaired) electrons. The van der Waals surface area contributed by atoms with Gasteiger partial charge in [0, 0.05) is 0 Å². The number of hydrogen-bond donors (Lipinski definition) is 0. The Labute approximate surface area is 161 Å². The summed E-state index contributed by atoms with van der Waals surface area (Å²) in [7, 11) is 0. The molecule has 1 fully saturated rings. The molecule has 146 valence electrons. The van der Waals surface area contributed by atoms with Crippen molar-refractivity contribution >= 4 is 0 Å². The van der Waals surface area contributed by atoms with Crippen LogP contribution >= 0.6 is 0 Å². The zero-order valence-electron chi connectivity index (χ0n) is 16.8. The molecule has 0 saturated carbocycles. The molecule has 1 aromatic rings. The van der Waals surface area contributed by atoms with E-state index < -0.39 is 0 Å². The summed E-state index contributed by atoms with van der Waals surface area (Å²) in [4.78, 5) is 0. The maximum Gasteiger partial charge on any atom is 0.119 e. The van der Waals surface area contributed by atoms with Crippen molar-refractivity contribution in [3.63, 3.8) is 0 Å². The zero-order valence-corrected chi connectivity index (χ0v) is 16.8. The molecule has 2 heteroatoms. The topological polar surface area (TPSA) is 21.8 Å². The zero-order chi connectivity index (χ0) is 18.3. The first-order valence-electron chi connectivity index (χ1n) is 10.9. The quantitative estimate of drug-likeness (QED) is 0.183. The molecule has 1 heterocycles. The van der Waals surface area contributed by atoms with Gasteiger partial charge in [-0.25, -0.2) is 0 Å². The molecule has 0 aliphatic carbocycles. The predicted molar refractivity (Wildman–Crippen MR) is 111 cm³/mol.